The fourth-order valence-corrected chi connectivity index (χ4v) is 4.14. The van der Waals surface area contributed by atoms with Crippen LogP contribution in [0.15, 0.2) is 72.8 Å². The van der Waals surface area contributed by atoms with Crippen molar-refractivity contribution in [3.8, 4) is 11.5 Å². The van der Waals surface area contributed by atoms with E-state index >= 15 is 0 Å². The molecule has 2 aliphatic heterocycles. The van der Waals surface area contributed by atoms with E-state index in [0.717, 1.165) is 31.1 Å². The minimum atomic E-state index is 0.217. The average Bonchev–Trinajstić information content (AvgIpc) is 3.73. The van der Waals surface area contributed by atoms with Crippen LogP contribution >= 0.6 is 0 Å². The van der Waals surface area contributed by atoms with Gasteiger partial charge in [0.2, 0.25) is 0 Å². The predicted molar refractivity (Wildman–Crippen MR) is 121 cm³/mol. The Balaban J connectivity index is 1.46. The standard InChI is InChI=1S/C27H24O4/c1-3-7-22-18(5-1)9-11-26(30-16-20-14-28-20)24(22)13-25-23-8-4-2-6-19(23)10-12-27(25)31-17-21-15-29-21/h1-12,20-21H,13-17H2/t20-,21-/m1/s1. The molecule has 4 heteroatoms. The smallest absolute Gasteiger partial charge is 0.123 e. The maximum atomic E-state index is 6.22. The van der Waals surface area contributed by atoms with Gasteiger partial charge in [-0.1, -0.05) is 60.7 Å². The third-order valence-corrected chi connectivity index (χ3v) is 6.00. The molecular weight excluding hydrogens is 388 g/mol. The Morgan fingerprint density at radius 1 is 0.613 bits per heavy atom. The number of epoxide rings is 2. The lowest BCUT2D eigenvalue weighted by Gasteiger charge is -2.18. The summed E-state index contributed by atoms with van der Waals surface area (Å²) in [6.07, 6.45) is 1.16. The minimum Gasteiger partial charge on any atom is -0.490 e. The van der Waals surface area contributed by atoms with Crippen LogP contribution in [-0.2, 0) is 15.9 Å². The first kappa shape index (κ1) is 18.7. The van der Waals surface area contributed by atoms with Gasteiger partial charge in [0.15, 0.2) is 0 Å². The quantitative estimate of drug-likeness (QED) is 0.376. The molecule has 2 fully saturated rings. The Labute approximate surface area is 181 Å². The Morgan fingerprint density at radius 3 is 1.52 bits per heavy atom. The van der Waals surface area contributed by atoms with Crippen LogP contribution in [0.3, 0.4) is 0 Å². The third kappa shape index (κ3) is 3.97. The minimum absolute atomic E-state index is 0.217. The van der Waals surface area contributed by atoms with E-state index in [-0.39, 0.29) is 12.2 Å². The molecule has 6 rings (SSSR count). The monoisotopic (exact) mass is 412 g/mol. The zero-order valence-corrected chi connectivity index (χ0v) is 17.3. The molecule has 0 N–H and O–H groups in total. The highest BCUT2D eigenvalue weighted by molar-refractivity contribution is 5.91. The highest BCUT2D eigenvalue weighted by atomic mass is 16.6. The van der Waals surface area contributed by atoms with E-state index in [2.05, 4.69) is 72.8 Å². The van der Waals surface area contributed by atoms with E-state index in [4.69, 9.17) is 18.9 Å². The number of rotatable bonds is 8. The van der Waals surface area contributed by atoms with Crippen molar-refractivity contribution in [3.05, 3.63) is 83.9 Å². The fourth-order valence-electron chi connectivity index (χ4n) is 4.14. The molecule has 0 unspecified atom stereocenters. The van der Waals surface area contributed by atoms with E-state index in [0.29, 0.717) is 13.2 Å². The Morgan fingerprint density at radius 2 is 1.06 bits per heavy atom. The second-order valence-corrected chi connectivity index (χ2v) is 8.24. The lowest BCUT2D eigenvalue weighted by Crippen LogP contribution is -2.08. The van der Waals surface area contributed by atoms with Crippen LogP contribution in [0, 0.1) is 0 Å². The van der Waals surface area contributed by atoms with Crippen LogP contribution in [0.4, 0.5) is 0 Å². The van der Waals surface area contributed by atoms with E-state index in [9.17, 15) is 0 Å². The average molecular weight is 412 g/mol. The third-order valence-electron chi connectivity index (χ3n) is 6.00. The van der Waals surface area contributed by atoms with E-state index in [1.165, 1.54) is 32.7 Å². The summed E-state index contributed by atoms with van der Waals surface area (Å²) in [4.78, 5) is 0. The molecule has 4 aromatic carbocycles. The molecule has 2 heterocycles. The number of ether oxygens (including phenoxy) is 4. The van der Waals surface area contributed by atoms with Crippen LogP contribution in [0.25, 0.3) is 21.5 Å². The zero-order chi connectivity index (χ0) is 20.6. The molecule has 0 aromatic heterocycles. The van der Waals surface area contributed by atoms with Crippen molar-refractivity contribution in [3.63, 3.8) is 0 Å². The zero-order valence-electron chi connectivity index (χ0n) is 17.3. The van der Waals surface area contributed by atoms with Crippen LogP contribution in [-0.4, -0.2) is 38.6 Å². The van der Waals surface area contributed by atoms with Crippen molar-refractivity contribution in [2.75, 3.05) is 26.4 Å². The van der Waals surface area contributed by atoms with Gasteiger partial charge in [0.1, 0.15) is 36.9 Å². The number of benzene rings is 4. The first-order valence-electron chi connectivity index (χ1n) is 10.9. The largest absolute Gasteiger partial charge is 0.490 e. The van der Waals surface area contributed by atoms with Gasteiger partial charge in [0, 0.05) is 17.5 Å². The molecule has 2 saturated heterocycles. The SMILES string of the molecule is c1ccc2c(Cc3c(OC[C@H]4CO4)ccc4ccccc34)c(OC[C@H]3CO3)ccc2c1. The van der Waals surface area contributed by atoms with Crippen molar-refractivity contribution in [2.24, 2.45) is 0 Å². The van der Waals surface area contributed by atoms with Crippen molar-refractivity contribution >= 4 is 21.5 Å². The maximum absolute atomic E-state index is 6.22. The summed E-state index contributed by atoms with van der Waals surface area (Å²) in [5.74, 6) is 1.83. The summed E-state index contributed by atoms with van der Waals surface area (Å²) < 4.78 is 23.1. The van der Waals surface area contributed by atoms with Crippen molar-refractivity contribution in [2.45, 2.75) is 18.6 Å². The molecule has 4 aromatic rings. The second-order valence-electron chi connectivity index (χ2n) is 8.24. The van der Waals surface area contributed by atoms with E-state index < -0.39 is 0 Å². The summed E-state index contributed by atoms with van der Waals surface area (Å²) in [6.45, 7) is 2.74. The first-order valence-corrected chi connectivity index (χ1v) is 10.9. The molecule has 0 saturated carbocycles. The van der Waals surface area contributed by atoms with Gasteiger partial charge in [-0.15, -0.1) is 0 Å². The van der Waals surface area contributed by atoms with Gasteiger partial charge in [0.25, 0.3) is 0 Å². The molecule has 0 bridgehead atoms. The van der Waals surface area contributed by atoms with E-state index in [1.807, 2.05) is 0 Å². The van der Waals surface area contributed by atoms with Crippen LogP contribution in [0.2, 0.25) is 0 Å². The maximum Gasteiger partial charge on any atom is 0.123 e. The molecular formula is C27H24O4. The molecule has 0 aliphatic carbocycles. The van der Waals surface area contributed by atoms with Gasteiger partial charge in [-0.2, -0.15) is 0 Å². The van der Waals surface area contributed by atoms with Gasteiger partial charge < -0.3 is 18.9 Å². The lowest BCUT2D eigenvalue weighted by molar-refractivity contribution is 0.259. The van der Waals surface area contributed by atoms with Crippen molar-refractivity contribution in [1.29, 1.82) is 0 Å². The first-order chi connectivity index (χ1) is 15.3. The topological polar surface area (TPSA) is 43.5 Å². The number of hydrogen-bond acceptors (Lipinski definition) is 4. The lowest BCUT2D eigenvalue weighted by atomic mass is 9.93. The summed E-state index contributed by atoms with van der Waals surface area (Å²) in [5, 5.41) is 4.84. The molecule has 0 amide bonds. The molecule has 31 heavy (non-hydrogen) atoms. The summed E-state index contributed by atoms with van der Waals surface area (Å²) in [5.41, 5.74) is 2.37. The Hall–Kier alpha value is -3.08. The Bertz CT molecular complexity index is 1140. The second kappa shape index (κ2) is 7.88. The van der Waals surface area contributed by atoms with Gasteiger partial charge in [-0.25, -0.2) is 0 Å². The summed E-state index contributed by atoms with van der Waals surface area (Å²) in [7, 11) is 0. The number of fused-ring (bicyclic) bond motifs is 2. The number of hydrogen-bond donors (Lipinski definition) is 0. The van der Waals surface area contributed by atoms with Crippen molar-refractivity contribution in [1.82, 2.24) is 0 Å². The van der Waals surface area contributed by atoms with Gasteiger partial charge >= 0.3 is 0 Å². The van der Waals surface area contributed by atoms with Gasteiger partial charge in [-0.3, -0.25) is 0 Å². The van der Waals surface area contributed by atoms with E-state index in [1.54, 1.807) is 0 Å². The van der Waals surface area contributed by atoms with Crippen LogP contribution in [0.5, 0.6) is 11.5 Å². The highest BCUT2D eigenvalue weighted by Crippen LogP contribution is 2.36. The molecule has 2 aliphatic rings. The van der Waals surface area contributed by atoms with Gasteiger partial charge in [-0.05, 0) is 33.7 Å². The summed E-state index contributed by atoms with van der Waals surface area (Å²) in [6, 6.07) is 25.4. The normalized spacial score (nSPS) is 19.5. The fraction of sp³-hybridized carbons (Fsp3) is 0.259. The van der Waals surface area contributed by atoms with Crippen molar-refractivity contribution < 1.29 is 18.9 Å². The highest BCUT2D eigenvalue weighted by Gasteiger charge is 2.25. The molecule has 156 valence electrons. The van der Waals surface area contributed by atoms with Crippen LogP contribution < -0.4 is 9.47 Å². The molecule has 4 nitrogen and oxygen atoms in total. The van der Waals surface area contributed by atoms with Crippen LogP contribution in [0.1, 0.15) is 11.1 Å². The molecule has 0 radical (unpaired) electrons. The molecule has 0 spiro atoms. The summed E-state index contributed by atoms with van der Waals surface area (Å²) >= 11 is 0. The predicted octanol–water partition coefficient (Wildman–Crippen LogP) is 5.14. The molecule has 2 atom stereocenters. The Kier molecular flexibility index (Phi) is 4.74. The van der Waals surface area contributed by atoms with Gasteiger partial charge in [0.05, 0.1) is 13.2 Å².